The molecule has 1 aliphatic carbocycles. The van der Waals surface area contributed by atoms with Crippen molar-refractivity contribution >= 4 is 29.2 Å². The van der Waals surface area contributed by atoms with Crippen LogP contribution in [0, 0.1) is 18.3 Å². The molecule has 1 saturated carbocycles. The van der Waals surface area contributed by atoms with E-state index in [9.17, 15) is 19.6 Å². The van der Waals surface area contributed by atoms with Crippen LogP contribution in [0.15, 0.2) is 42.5 Å². The highest BCUT2D eigenvalue weighted by Gasteiger charge is 2.61. The van der Waals surface area contributed by atoms with Crippen LogP contribution in [0.3, 0.4) is 0 Å². The Bertz CT molecular complexity index is 1110. The van der Waals surface area contributed by atoms with E-state index in [-0.39, 0.29) is 17.8 Å². The zero-order chi connectivity index (χ0) is 22.9. The zero-order valence-electron chi connectivity index (χ0n) is 18.4. The van der Waals surface area contributed by atoms with E-state index in [2.05, 4.69) is 11.4 Å². The molecule has 0 bridgehead atoms. The molecule has 1 heterocycles. The number of hydrogen-bond acceptors (Lipinski definition) is 4. The predicted molar refractivity (Wildman–Crippen MR) is 121 cm³/mol. The molecule has 1 aliphatic heterocycles. The minimum atomic E-state index is -0.834. The molecule has 2 aromatic carbocycles. The van der Waals surface area contributed by atoms with Gasteiger partial charge in [0.05, 0.1) is 17.3 Å². The number of imide groups is 1. The molecule has 0 unspecified atom stereocenters. The summed E-state index contributed by atoms with van der Waals surface area (Å²) in [6.45, 7) is 1.80. The van der Waals surface area contributed by atoms with Crippen LogP contribution in [-0.4, -0.2) is 30.4 Å². The smallest absolute Gasteiger partial charge is 0.336 e. The summed E-state index contributed by atoms with van der Waals surface area (Å²) in [4.78, 5) is 41.2. The highest BCUT2D eigenvalue weighted by molar-refractivity contribution is 6.30. The third kappa shape index (κ3) is 3.52. The minimum Gasteiger partial charge on any atom is -0.359 e. The summed E-state index contributed by atoms with van der Waals surface area (Å²) in [5.41, 5.74) is 2.70. The van der Waals surface area contributed by atoms with Gasteiger partial charge >= 0.3 is 6.03 Å². The number of carbonyl (C=O) groups is 3. The van der Waals surface area contributed by atoms with E-state index in [1.807, 2.05) is 24.3 Å². The lowest BCUT2D eigenvalue weighted by molar-refractivity contribution is -0.124. The molecule has 32 heavy (non-hydrogen) atoms. The van der Waals surface area contributed by atoms with Crippen molar-refractivity contribution in [3.63, 3.8) is 0 Å². The first-order chi connectivity index (χ1) is 15.4. The Labute approximate surface area is 187 Å². The SMILES string of the molecule is CNC(=O)CCCc1ccc(N2C(=O)N(c3ccc(C#N)c(C)c3)C(=O)C23CCC3)cc1. The number of rotatable bonds is 6. The largest absolute Gasteiger partial charge is 0.359 e. The number of aryl methyl sites for hydroxylation is 2. The summed E-state index contributed by atoms with van der Waals surface area (Å²) in [5, 5.41) is 11.8. The fraction of sp³-hybridized carbons (Fsp3) is 0.360. The standard InChI is InChI=1S/C25H26N4O3/c1-17-15-21(12-9-19(17)16-26)28-23(31)25(13-4-14-25)29(24(28)32)20-10-7-18(8-11-20)5-3-6-22(30)27-2/h7-12,15H,3-6,13-14H2,1-2H3,(H,27,30). The maximum absolute atomic E-state index is 13.5. The second-order valence-electron chi connectivity index (χ2n) is 8.45. The van der Waals surface area contributed by atoms with Crippen molar-refractivity contribution in [3.8, 4) is 6.07 Å². The van der Waals surface area contributed by atoms with Gasteiger partial charge in [0.1, 0.15) is 5.54 Å². The van der Waals surface area contributed by atoms with Crippen molar-refractivity contribution in [2.24, 2.45) is 0 Å². The normalized spacial score (nSPS) is 16.8. The van der Waals surface area contributed by atoms with E-state index in [0.29, 0.717) is 36.2 Å². The zero-order valence-corrected chi connectivity index (χ0v) is 18.4. The van der Waals surface area contributed by atoms with Crippen LogP contribution in [0.25, 0.3) is 0 Å². The van der Waals surface area contributed by atoms with Gasteiger partial charge < -0.3 is 5.32 Å². The number of urea groups is 1. The molecule has 4 amide bonds. The van der Waals surface area contributed by atoms with E-state index < -0.39 is 5.54 Å². The number of anilines is 2. The molecule has 7 heteroatoms. The lowest BCUT2D eigenvalue weighted by Crippen LogP contribution is -2.55. The Morgan fingerprint density at radius 2 is 1.81 bits per heavy atom. The Morgan fingerprint density at radius 1 is 1.12 bits per heavy atom. The van der Waals surface area contributed by atoms with Crippen LogP contribution in [0.2, 0.25) is 0 Å². The summed E-state index contributed by atoms with van der Waals surface area (Å²) < 4.78 is 0. The van der Waals surface area contributed by atoms with Crippen molar-refractivity contribution < 1.29 is 14.4 Å². The molecule has 2 aliphatic rings. The predicted octanol–water partition coefficient (Wildman–Crippen LogP) is 3.83. The maximum atomic E-state index is 13.5. The average Bonchev–Trinajstić information content (AvgIpc) is 3.00. The minimum absolute atomic E-state index is 0.0212. The quantitative estimate of drug-likeness (QED) is 0.705. The Morgan fingerprint density at radius 3 is 2.38 bits per heavy atom. The molecule has 2 fully saturated rings. The van der Waals surface area contributed by atoms with Gasteiger partial charge in [-0.1, -0.05) is 12.1 Å². The Kier molecular flexibility index (Phi) is 5.70. The molecule has 4 rings (SSSR count). The summed E-state index contributed by atoms with van der Waals surface area (Å²) in [5.74, 6) is -0.180. The molecule has 164 valence electrons. The molecular weight excluding hydrogens is 404 g/mol. The van der Waals surface area contributed by atoms with Crippen LogP contribution >= 0.6 is 0 Å². The monoisotopic (exact) mass is 430 g/mol. The molecule has 7 nitrogen and oxygen atoms in total. The summed E-state index contributed by atoms with van der Waals surface area (Å²) in [7, 11) is 1.63. The highest BCUT2D eigenvalue weighted by atomic mass is 16.2. The first-order valence-electron chi connectivity index (χ1n) is 10.9. The number of nitrogens with zero attached hydrogens (tertiary/aromatic N) is 3. The topological polar surface area (TPSA) is 93.5 Å². The molecule has 0 aromatic heterocycles. The van der Waals surface area contributed by atoms with Crippen LogP contribution in [0.1, 0.15) is 48.8 Å². The van der Waals surface area contributed by atoms with Crippen molar-refractivity contribution in [3.05, 3.63) is 59.2 Å². The number of nitrogens with one attached hydrogen (secondary N) is 1. The van der Waals surface area contributed by atoms with Crippen molar-refractivity contribution in [2.75, 3.05) is 16.8 Å². The Hall–Kier alpha value is -3.66. The first-order valence-corrected chi connectivity index (χ1v) is 10.9. The van der Waals surface area contributed by atoms with Gasteiger partial charge in [-0.3, -0.25) is 14.5 Å². The number of hydrogen-bond donors (Lipinski definition) is 1. The fourth-order valence-electron chi connectivity index (χ4n) is 4.51. The van der Waals surface area contributed by atoms with Crippen LogP contribution in [0.4, 0.5) is 16.2 Å². The molecular formula is C25H26N4O3. The van der Waals surface area contributed by atoms with Crippen LogP contribution < -0.4 is 15.1 Å². The third-order valence-corrected chi connectivity index (χ3v) is 6.52. The van der Waals surface area contributed by atoms with Gasteiger partial charge in [0.25, 0.3) is 5.91 Å². The van der Waals surface area contributed by atoms with E-state index in [1.165, 1.54) is 4.90 Å². The van der Waals surface area contributed by atoms with Gasteiger partial charge in [0.2, 0.25) is 5.91 Å². The lowest BCUT2D eigenvalue weighted by Gasteiger charge is -2.42. The fourth-order valence-corrected chi connectivity index (χ4v) is 4.51. The van der Waals surface area contributed by atoms with Crippen LogP contribution in [-0.2, 0) is 16.0 Å². The highest BCUT2D eigenvalue weighted by Crippen LogP contribution is 2.47. The van der Waals surface area contributed by atoms with E-state index >= 15 is 0 Å². The maximum Gasteiger partial charge on any atom is 0.336 e. The summed E-state index contributed by atoms with van der Waals surface area (Å²) in [6, 6.07) is 14.5. The van der Waals surface area contributed by atoms with Gasteiger partial charge in [0, 0.05) is 19.2 Å². The number of benzene rings is 2. The van der Waals surface area contributed by atoms with Gasteiger partial charge in [-0.15, -0.1) is 0 Å². The van der Waals surface area contributed by atoms with E-state index in [0.717, 1.165) is 30.4 Å². The molecule has 0 radical (unpaired) electrons. The average molecular weight is 431 g/mol. The Balaban J connectivity index is 1.59. The molecule has 0 atom stereocenters. The molecule has 2 aromatic rings. The lowest BCUT2D eigenvalue weighted by atomic mass is 9.75. The molecule has 1 N–H and O–H groups in total. The number of amides is 4. The van der Waals surface area contributed by atoms with Crippen molar-refractivity contribution in [2.45, 2.75) is 51.0 Å². The second-order valence-corrected chi connectivity index (χ2v) is 8.45. The summed E-state index contributed by atoms with van der Waals surface area (Å²) in [6.07, 6.45) is 4.15. The number of nitriles is 1. The van der Waals surface area contributed by atoms with Gasteiger partial charge in [-0.05, 0) is 80.5 Å². The number of carbonyl (C=O) groups excluding carboxylic acids is 3. The van der Waals surface area contributed by atoms with Crippen LogP contribution in [0.5, 0.6) is 0 Å². The van der Waals surface area contributed by atoms with E-state index in [1.54, 1.807) is 37.1 Å². The van der Waals surface area contributed by atoms with Gasteiger partial charge in [-0.2, -0.15) is 5.26 Å². The van der Waals surface area contributed by atoms with Gasteiger partial charge in [0.15, 0.2) is 0 Å². The van der Waals surface area contributed by atoms with Crippen molar-refractivity contribution in [1.82, 2.24) is 5.32 Å². The first kappa shape index (κ1) is 21.6. The second kappa shape index (κ2) is 8.46. The molecule has 1 saturated heterocycles. The van der Waals surface area contributed by atoms with Crippen molar-refractivity contribution in [1.29, 1.82) is 5.26 Å². The molecule has 1 spiro atoms. The summed E-state index contributed by atoms with van der Waals surface area (Å²) >= 11 is 0. The van der Waals surface area contributed by atoms with E-state index in [4.69, 9.17) is 0 Å². The third-order valence-electron chi connectivity index (χ3n) is 6.52. The van der Waals surface area contributed by atoms with Gasteiger partial charge in [-0.25, -0.2) is 9.69 Å².